The Morgan fingerprint density at radius 1 is 1.47 bits per heavy atom. The summed E-state index contributed by atoms with van der Waals surface area (Å²) >= 11 is 7.46. The van der Waals surface area contributed by atoms with Crippen LogP contribution >= 0.6 is 23.4 Å². The first-order valence-corrected chi connectivity index (χ1v) is 6.94. The summed E-state index contributed by atoms with van der Waals surface area (Å²) in [6.45, 7) is 3.53. The second-order valence-electron chi connectivity index (χ2n) is 3.68. The van der Waals surface area contributed by atoms with Crippen LogP contribution in [-0.2, 0) is 6.54 Å². The largest absolute Gasteiger partial charge is 0.394 e. The van der Waals surface area contributed by atoms with E-state index in [1.54, 1.807) is 0 Å². The predicted octanol–water partition coefficient (Wildman–Crippen LogP) is 1.89. The van der Waals surface area contributed by atoms with Crippen LogP contribution in [0.25, 0.3) is 0 Å². The fraction of sp³-hybridized carbons (Fsp3) is 0.500. The van der Waals surface area contributed by atoms with Gasteiger partial charge in [0.15, 0.2) is 0 Å². The number of nitrogens with one attached hydrogen (secondary N) is 1. The van der Waals surface area contributed by atoms with Gasteiger partial charge in [0.25, 0.3) is 0 Å². The molecule has 17 heavy (non-hydrogen) atoms. The van der Waals surface area contributed by atoms with Crippen molar-refractivity contribution in [3.8, 4) is 0 Å². The van der Waals surface area contributed by atoms with Crippen molar-refractivity contribution in [1.29, 1.82) is 0 Å². The molecule has 0 heterocycles. The van der Waals surface area contributed by atoms with Gasteiger partial charge in [-0.3, -0.25) is 0 Å². The van der Waals surface area contributed by atoms with E-state index in [0.29, 0.717) is 10.8 Å². The molecule has 0 aliphatic carbocycles. The number of hydrogen-bond donors (Lipinski definition) is 3. The molecule has 1 atom stereocenters. The molecular formula is C12H18ClNO2S. The molecule has 0 aromatic heterocycles. The lowest BCUT2D eigenvalue weighted by Crippen LogP contribution is -2.15. The average Bonchev–Trinajstić information content (AvgIpc) is 2.34. The number of halogens is 1. The summed E-state index contributed by atoms with van der Waals surface area (Å²) in [5, 5.41) is 22.1. The lowest BCUT2D eigenvalue weighted by molar-refractivity contribution is 0.113. The van der Waals surface area contributed by atoms with E-state index >= 15 is 0 Å². The van der Waals surface area contributed by atoms with Crippen molar-refractivity contribution in [2.75, 3.05) is 18.9 Å². The molecule has 1 aromatic rings. The van der Waals surface area contributed by atoms with Crippen molar-refractivity contribution in [3.63, 3.8) is 0 Å². The summed E-state index contributed by atoms with van der Waals surface area (Å²) in [6, 6.07) is 5.74. The number of rotatable bonds is 7. The van der Waals surface area contributed by atoms with E-state index in [-0.39, 0.29) is 6.61 Å². The van der Waals surface area contributed by atoms with Crippen LogP contribution in [0.3, 0.4) is 0 Å². The van der Waals surface area contributed by atoms with Crippen LogP contribution in [0, 0.1) is 0 Å². The van der Waals surface area contributed by atoms with Gasteiger partial charge in [0, 0.05) is 22.2 Å². The summed E-state index contributed by atoms with van der Waals surface area (Å²) in [5.41, 5.74) is 1.16. The second kappa shape index (κ2) is 7.95. The fourth-order valence-corrected chi connectivity index (χ4v) is 2.56. The van der Waals surface area contributed by atoms with Crippen LogP contribution < -0.4 is 5.32 Å². The van der Waals surface area contributed by atoms with Gasteiger partial charge in [0.05, 0.1) is 12.7 Å². The molecular weight excluding hydrogens is 258 g/mol. The van der Waals surface area contributed by atoms with Crippen molar-refractivity contribution in [2.24, 2.45) is 0 Å². The third kappa shape index (κ3) is 5.27. The third-order valence-corrected chi connectivity index (χ3v) is 3.71. The van der Waals surface area contributed by atoms with Crippen LogP contribution in [0.15, 0.2) is 23.1 Å². The van der Waals surface area contributed by atoms with Crippen molar-refractivity contribution in [3.05, 3.63) is 28.8 Å². The van der Waals surface area contributed by atoms with Gasteiger partial charge in [-0.25, -0.2) is 0 Å². The van der Waals surface area contributed by atoms with Crippen LogP contribution in [0.4, 0.5) is 0 Å². The predicted molar refractivity (Wildman–Crippen MR) is 72.6 cm³/mol. The van der Waals surface area contributed by atoms with E-state index in [2.05, 4.69) is 12.2 Å². The van der Waals surface area contributed by atoms with Crippen molar-refractivity contribution < 1.29 is 10.2 Å². The maximum absolute atomic E-state index is 9.34. The van der Waals surface area contributed by atoms with Gasteiger partial charge in [-0.15, -0.1) is 11.8 Å². The second-order valence-corrected chi connectivity index (χ2v) is 5.18. The maximum Gasteiger partial charge on any atom is 0.0864 e. The molecule has 96 valence electrons. The molecule has 0 radical (unpaired) electrons. The highest BCUT2D eigenvalue weighted by Gasteiger charge is 2.07. The summed E-state index contributed by atoms with van der Waals surface area (Å²) in [6.07, 6.45) is -0.689. The van der Waals surface area contributed by atoms with E-state index in [0.717, 1.165) is 23.5 Å². The maximum atomic E-state index is 9.34. The smallest absolute Gasteiger partial charge is 0.0864 e. The number of aliphatic hydroxyl groups excluding tert-OH is 2. The lowest BCUT2D eigenvalue weighted by atomic mass is 10.2. The Labute approximate surface area is 111 Å². The first-order chi connectivity index (χ1) is 8.17. The van der Waals surface area contributed by atoms with Crippen LogP contribution in [0.5, 0.6) is 0 Å². The number of hydrogen-bond acceptors (Lipinski definition) is 4. The number of thioether (sulfide) groups is 1. The van der Waals surface area contributed by atoms with Gasteiger partial charge in [0.2, 0.25) is 0 Å². The highest BCUT2D eigenvalue weighted by atomic mass is 35.5. The van der Waals surface area contributed by atoms with Crippen LogP contribution in [0.1, 0.15) is 12.5 Å². The van der Waals surface area contributed by atoms with E-state index < -0.39 is 6.10 Å². The van der Waals surface area contributed by atoms with Crippen molar-refractivity contribution >= 4 is 23.4 Å². The summed E-state index contributed by atoms with van der Waals surface area (Å²) in [7, 11) is 0. The molecule has 0 fully saturated rings. The Kier molecular flexibility index (Phi) is 6.92. The molecule has 0 saturated heterocycles. The minimum atomic E-state index is -0.689. The Morgan fingerprint density at radius 3 is 2.88 bits per heavy atom. The summed E-state index contributed by atoms with van der Waals surface area (Å²) < 4.78 is 0. The molecule has 0 aliphatic rings. The third-order valence-electron chi connectivity index (χ3n) is 2.24. The van der Waals surface area contributed by atoms with E-state index in [9.17, 15) is 5.11 Å². The Hall–Kier alpha value is -0.260. The highest BCUT2D eigenvalue weighted by Crippen LogP contribution is 2.26. The lowest BCUT2D eigenvalue weighted by Gasteiger charge is -2.12. The Morgan fingerprint density at radius 2 is 2.24 bits per heavy atom. The standard InChI is InChI=1S/C12H18ClNO2S/c1-2-14-6-9-3-4-10(13)5-12(9)17-8-11(16)7-15/h3-5,11,14-16H,2,6-8H2,1H3. The molecule has 1 aromatic carbocycles. The van der Waals surface area contributed by atoms with Gasteiger partial charge in [-0.2, -0.15) is 0 Å². The zero-order chi connectivity index (χ0) is 12.7. The quantitative estimate of drug-likeness (QED) is 0.666. The zero-order valence-electron chi connectivity index (χ0n) is 9.82. The van der Waals surface area contributed by atoms with E-state index in [1.165, 1.54) is 11.8 Å². The van der Waals surface area contributed by atoms with Gasteiger partial charge in [-0.1, -0.05) is 24.6 Å². The number of benzene rings is 1. The highest BCUT2D eigenvalue weighted by molar-refractivity contribution is 7.99. The zero-order valence-corrected chi connectivity index (χ0v) is 11.4. The van der Waals surface area contributed by atoms with Gasteiger partial charge >= 0.3 is 0 Å². The molecule has 3 N–H and O–H groups in total. The molecule has 3 nitrogen and oxygen atoms in total. The topological polar surface area (TPSA) is 52.5 Å². The van der Waals surface area contributed by atoms with E-state index in [1.807, 2.05) is 18.2 Å². The molecule has 0 amide bonds. The number of aliphatic hydroxyl groups is 2. The van der Waals surface area contributed by atoms with Gasteiger partial charge < -0.3 is 15.5 Å². The average molecular weight is 276 g/mol. The Bertz CT molecular complexity index is 349. The fourth-order valence-electron chi connectivity index (χ4n) is 1.31. The molecule has 1 unspecified atom stereocenters. The summed E-state index contributed by atoms with van der Waals surface area (Å²) in [4.78, 5) is 1.05. The van der Waals surface area contributed by atoms with Crippen LogP contribution in [0.2, 0.25) is 5.02 Å². The minimum absolute atomic E-state index is 0.212. The van der Waals surface area contributed by atoms with E-state index in [4.69, 9.17) is 16.7 Å². The SMILES string of the molecule is CCNCc1ccc(Cl)cc1SCC(O)CO. The molecule has 0 bridgehead atoms. The molecule has 0 aliphatic heterocycles. The molecule has 5 heteroatoms. The first kappa shape index (κ1) is 14.8. The molecule has 1 rings (SSSR count). The Balaban J connectivity index is 2.69. The normalized spacial score (nSPS) is 12.7. The van der Waals surface area contributed by atoms with Crippen molar-refractivity contribution in [2.45, 2.75) is 24.5 Å². The monoisotopic (exact) mass is 275 g/mol. The molecule has 0 saturated carbocycles. The summed E-state index contributed by atoms with van der Waals surface area (Å²) in [5.74, 6) is 0.468. The first-order valence-electron chi connectivity index (χ1n) is 5.58. The van der Waals surface area contributed by atoms with Crippen LogP contribution in [-0.4, -0.2) is 35.2 Å². The minimum Gasteiger partial charge on any atom is -0.394 e. The molecule has 0 spiro atoms. The van der Waals surface area contributed by atoms with Gasteiger partial charge in [-0.05, 0) is 24.2 Å². The van der Waals surface area contributed by atoms with Gasteiger partial charge in [0.1, 0.15) is 0 Å². The van der Waals surface area contributed by atoms with Crippen molar-refractivity contribution in [1.82, 2.24) is 5.32 Å².